The van der Waals surface area contributed by atoms with E-state index in [4.69, 9.17) is 0 Å². The second-order valence-electron chi connectivity index (χ2n) is 3.67. The third kappa shape index (κ3) is 2.68. The summed E-state index contributed by atoms with van der Waals surface area (Å²) in [5.74, 6) is 0.981. The van der Waals surface area contributed by atoms with Gasteiger partial charge in [-0.05, 0) is 13.5 Å². The van der Waals surface area contributed by atoms with Gasteiger partial charge in [0, 0.05) is 29.9 Å². The first-order chi connectivity index (χ1) is 7.79. The standard InChI is InChI=1S/C11H16N4S/c1-3-12-9(11-13-4-5-14-11)6-10-15-8(2)7-16-10/h4-5,7,9,12H,3,6H2,1-2H3,(H,13,14). The maximum absolute atomic E-state index is 4.48. The van der Waals surface area contributed by atoms with E-state index in [-0.39, 0.29) is 6.04 Å². The van der Waals surface area contributed by atoms with Gasteiger partial charge in [0.25, 0.3) is 0 Å². The Morgan fingerprint density at radius 1 is 1.56 bits per heavy atom. The average Bonchev–Trinajstić information content (AvgIpc) is 2.88. The molecule has 0 aromatic carbocycles. The summed E-state index contributed by atoms with van der Waals surface area (Å²) in [5.41, 5.74) is 1.09. The van der Waals surface area contributed by atoms with Crippen molar-refractivity contribution in [3.63, 3.8) is 0 Å². The van der Waals surface area contributed by atoms with Crippen LogP contribution < -0.4 is 5.32 Å². The number of nitrogens with zero attached hydrogens (tertiary/aromatic N) is 2. The molecule has 2 N–H and O–H groups in total. The Hall–Kier alpha value is -1.20. The Morgan fingerprint density at radius 2 is 2.44 bits per heavy atom. The Labute approximate surface area is 99.2 Å². The fraction of sp³-hybridized carbons (Fsp3) is 0.455. The Kier molecular flexibility index (Phi) is 3.69. The molecular formula is C11H16N4S. The maximum atomic E-state index is 4.48. The molecule has 2 heterocycles. The molecule has 1 unspecified atom stereocenters. The van der Waals surface area contributed by atoms with Crippen LogP contribution >= 0.6 is 11.3 Å². The van der Waals surface area contributed by atoms with Crippen molar-refractivity contribution in [3.8, 4) is 0 Å². The SMILES string of the molecule is CCNC(Cc1nc(C)cs1)c1ncc[nH]1. The lowest BCUT2D eigenvalue weighted by Gasteiger charge is -2.13. The number of aryl methyl sites for hydroxylation is 1. The van der Waals surface area contributed by atoms with Crippen molar-refractivity contribution in [2.45, 2.75) is 26.3 Å². The fourth-order valence-corrected chi connectivity index (χ4v) is 2.47. The summed E-state index contributed by atoms with van der Waals surface area (Å²) in [5, 5.41) is 6.65. The molecule has 0 aliphatic rings. The van der Waals surface area contributed by atoms with Crippen molar-refractivity contribution >= 4 is 11.3 Å². The minimum Gasteiger partial charge on any atom is -0.347 e. The maximum Gasteiger partial charge on any atom is 0.123 e. The molecule has 0 saturated heterocycles. The lowest BCUT2D eigenvalue weighted by molar-refractivity contribution is 0.525. The summed E-state index contributed by atoms with van der Waals surface area (Å²) >= 11 is 1.71. The van der Waals surface area contributed by atoms with Crippen LogP contribution in [0.5, 0.6) is 0 Å². The molecule has 2 rings (SSSR count). The fourth-order valence-electron chi connectivity index (χ4n) is 1.65. The van der Waals surface area contributed by atoms with Crippen LogP contribution in [0.3, 0.4) is 0 Å². The first-order valence-electron chi connectivity index (χ1n) is 5.43. The predicted octanol–water partition coefficient (Wildman–Crippen LogP) is 2.07. The lowest BCUT2D eigenvalue weighted by atomic mass is 10.2. The van der Waals surface area contributed by atoms with E-state index >= 15 is 0 Å². The summed E-state index contributed by atoms with van der Waals surface area (Å²) in [6.07, 6.45) is 4.53. The van der Waals surface area contributed by atoms with Crippen LogP contribution in [0.25, 0.3) is 0 Å². The number of hydrogen-bond acceptors (Lipinski definition) is 4. The van der Waals surface area contributed by atoms with Gasteiger partial charge in [-0.1, -0.05) is 6.92 Å². The highest BCUT2D eigenvalue weighted by Crippen LogP contribution is 2.18. The smallest absolute Gasteiger partial charge is 0.123 e. The van der Waals surface area contributed by atoms with Crippen LogP contribution in [0.15, 0.2) is 17.8 Å². The molecule has 0 aliphatic carbocycles. The van der Waals surface area contributed by atoms with Crippen LogP contribution in [0.4, 0.5) is 0 Å². The number of H-pyrrole nitrogens is 1. The first-order valence-corrected chi connectivity index (χ1v) is 6.31. The monoisotopic (exact) mass is 236 g/mol. The summed E-state index contributed by atoms with van der Waals surface area (Å²) in [4.78, 5) is 11.9. The molecule has 0 radical (unpaired) electrons. The van der Waals surface area contributed by atoms with Gasteiger partial charge >= 0.3 is 0 Å². The van der Waals surface area contributed by atoms with Gasteiger partial charge in [-0.3, -0.25) is 0 Å². The van der Waals surface area contributed by atoms with Crippen molar-refractivity contribution < 1.29 is 0 Å². The van der Waals surface area contributed by atoms with Gasteiger partial charge in [-0.15, -0.1) is 11.3 Å². The third-order valence-electron chi connectivity index (χ3n) is 2.35. The Bertz CT molecular complexity index is 421. The number of nitrogens with one attached hydrogen (secondary N) is 2. The van der Waals surface area contributed by atoms with Crippen molar-refractivity contribution in [2.24, 2.45) is 0 Å². The second-order valence-corrected chi connectivity index (χ2v) is 4.61. The largest absolute Gasteiger partial charge is 0.347 e. The van der Waals surface area contributed by atoms with Crippen LogP contribution in [-0.4, -0.2) is 21.5 Å². The number of imidazole rings is 1. The van der Waals surface area contributed by atoms with Gasteiger partial charge in [-0.25, -0.2) is 9.97 Å². The molecule has 86 valence electrons. The zero-order valence-corrected chi connectivity index (χ0v) is 10.3. The quantitative estimate of drug-likeness (QED) is 0.835. The Balaban J connectivity index is 2.09. The second kappa shape index (κ2) is 5.23. The molecular weight excluding hydrogens is 220 g/mol. The van der Waals surface area contributed by atoms with Crippen LogP contribution in [0.2, 0.25) is 0 Å². The van der Waals surface area contributed by atoms with Crippen molar-refractivity contribution in [1.82, 2.24) is 20.3 Å². The normalized spacial score (nSPS) is 12.9. The van der Waals surface area contributed by atoms with E-state index in [2.05, 4.69) is 32.6 Å². The molecule has 5 heteroatoms. The minimum absolute atomic E-state index is 0.227. The highest BCUT2D eigenvalue weighted by Gasteiger charge is 2.14. The highest BCUT2D eigenvalue weighted by atomic mass is 32.1. The third-order valence-corrected chi connectivity index (χ3v) is 3.33. The highest BCUT2D eigenvalue weighted by molar-refractivity contribution is 7.09. The van der Waals surface area contributed by atoms with E-state index in [0.717, 1.165) is 29.5 Å². The van der Waals surface area contributed by atoms with Gasteiger partial charge in [-0.2, -0.15) is 0 Å². The topological polar surface area (TPSA) is 53.6 Å². The number of aromatic amines is 1. The molecule has 4 nitrogen and oxygen atoms in total. The summed E-state index contributed by atoms with van der Waals surface area (Å²) in [6, 6.07) is 0.227. The van der Waals surface area contributed by atoms with Gasteiger partial charge in [0.1, 0.15) is 5.82 Å². The first kappa shape index (κ1) is 11.3. The zero-order chi connectivity index (χ0) is 11.4. The predicted molar refractivity (Wildman–Crippen MR) is 65.6 cm³/mol. The number of rotatable bonds is 5. The van der Waals surface area contributed by atoms with Gasteiger partial charge in [0.2, 0.25) is 0 Å². The van der Waals surface area contributed by atoms with E-state index in [1.165, 1.54) is 0 Å². The lowest BCUT2D eigenvalue weighted by Crippen LogP contribution is -2.24. The molecule has 1 atom stereocenters. The van der Waals surface area contributed by atoms with Crippen molar-refractivity contribution in [1.29, 1.82) is 0 Å². The van der Waals surface area contributed by atoms with E-state index in [1.54, 1.807) is 17.5 Å². The number of thiazole rings is 1. The van der Waals surface area contributed by atoms with Crippen LogP contribution in [-0.2, 0) is 6.42 Å². The molecule has 0 saturated carbocycles. The number of aromatic nitrogens is 3. The molecule has 0 fully saturated rings. The molecule has 2 aromatic rings. The molecule has 0 aliphatic heterocycles. The number of hydrogen-bond donors (Lipinski definition) is 2. The van der Waals surface area contributed by atoms with Gasteiger partial charge < -0.3 is 10.3 Å². The van der Waals surface area contributed by atoms with Crippen molar-refractivity contribution in [3.05, 3.63) is 34.3 Å². The molecule has 16 heavy (non-hydrogen) atoms. The Morgan fingerprint density at radius 3 is 3.00 bits per heavy atom. The van der Waals surface area contributed by atoms with Gasteiger partial charge in [0.15, 0.2) is 0 Å². The van der Waals surface area contributed by atoms with Crippen LogP contribution in [0, 0.1) is 6.92 Å². The van der Waals surface area contributed by atoms with Crippen molar-refractivity contribution in [2.75, 3.05) is 6.54 Å². The molecule has 0 spiro atoms. The minimum atomic E-state index is 0.227. The summed E-state index contributed by atoms with van der Waals surface area (Å²) < 4.78 is 0. The summed E-state index contributed by atoms with van der Waals surface area (Å²) in [7, 11) is 0. The molecule has 2 aromatic heterocycles. The van der Waals surface area contributed by atoms with Gasteiger partial charge in [0.05, 0.1) is 11.0 Å². The van der Waals surface area contributed by atoms with Crippen LogP contribution in [0.1, 0.15) is 29.5 Å². The van der Waals surface area contributed by atoms with E-state index in [9.17, 15) is 0 Å². The zero-order valence-electron chi connectivity index (χ0n) is 9.53. The summed E-state index contributed by atoms with van der Waals surface area (Å²) in [6.45, 7) is 5.05. The molecule has 0 amide bonds. The number of likely N-dealkylation sites (N-methyl/N-ethyl adjacent to an activating group) is 1. The molecule has 0 bridgehead atoms. The van der Waals surface area contributed by atoms with E-state index in [1.807, 2.05) is 13.1 Å². The average molecular weight is 236 g/mol. The van der Waals surface area contributed by atoms with E-state index in [0.29, 0.717) is 0 Å². The van der Waals surface area contributed by atoms with E-state index < -0.39 is 0 Å².